The molecule has 1 saturated heterocycles. The summed E-state index contributed by atoms with van der Waals surface area (Å²) in [5.74, 6) is 2.44. The van der Waals surface area contributed by atoms with E-state index < -0.39 is 0 Å². The molecule has 2 heterocycles. The van der Waals surface area contributed by atoms with E-state index in [2.05, 4.69) is 40.6 Å². The van der Waals surface area contributed by atoms with Crippen molar-refractivity contribution in [2.24, 2.45) is 0 Å². The Balaban J connectivity index is 1.73. The molecule has 164 valence electrons. The fourth-order valence-electron chi connectivity index (χ4n) is 4.45. The third-order valence-electron chi connectivity index (χ3n) is 6.25. The standard InChI is InChI=1S/C23H30N6O2/c1-4-27-12-14-28(15-13-27)22(20-11-10-19(30-2)16-21(20)31-3)23-24-25-26-29(23)17-18-8-6-5-7-9-18/h5-11,16,22H,4,12-15,17H2,1-3H3/p+2/t22-/m1/s1. The van der Waals surface area contributed by atoms with Gasteiger partial charge >= 0.3 is 0 Å². The van der Waals surface area contributed by atoms with Crippen LogP contribution in [0.2, 0.25) is 0 Å². The van der Waals surface area contributed by atoms with E-state index in [-0.39, 0.29) is 6.04 Å². The fourth-order valence-corrected chi connectivity index (χ4v) is 4.45. The number of nitrogens with zero attached hydrogens (tertiary/aromatic N) is 4. The summed E-state index contributed by atoms with van der Waals surface area (Å²) in [5, 5.41) is 12.9. The van der Waals surface area contributed by atoms with Crippen LogP contribution in [0.15, 0.2) is 48.5 Å². The van der Waals surface area contributed by atoms with Crippen LogP contribution in [-0.2, 0) is 6.54 Å². The molecule has 2 aromatic carbocycles. The highest BCUT2D eigenvalue weighted by Crippen LogP contribution is 2.31. The van der Waals surface area contributed by atoms with Gasteiger partial charge in [0.25, 0.3) is 0 Å². The van der Waals surface area contributed by atoms with E-state index in [1.807, 2.05) is 35.0 Å². The second-order valence-corrected chi connectivity index (χ2v) is 7.98. The summed E-state index contributed by atoms with van der Waals surface area (Å²) in [7, 11) is 3.38. The van der Waals surface area contributed by atoms with Gasteiger partial charge in [-0.15, -0.1) is 5.10 Å². The zero-order valence-corrected chi connectivity index (χ0v) is 18.5. The minimum Gasteiger partial charge on any atom is -0.497 e. The lowest BCUT2D eigenvalue weighted by molar-refractivity contribution is -1.02. The Bertz CT molecular complexity index is 969. The van der Waals surface area contributed by atoms with Crippen molar-refractivity contribution in [3.8, 4) is 11.5 Å². The summed E-state index contributed by atoms with van der Waals surface area (Å²) < 4.78 is 13.1. The van der Waals surface area contributed by atoms with Crippen molar-refractivity contribution in [2.75, 3.05) is 46.9 Å². The third kappa shape index (κ3) is 4.70. The summed E-state index contributed by atoms with van der Waals surface area (Å²) >= 11 is 0. The number of benzene rings is 2. The van der Waals surface area contributed by atoms with Crippen molar-refractivity contribution in [2.45, 2.75) is 19.5 Å². The maximum absolute atomic E-state index is 5.78. The fraction of sp³-hybridized carbons (Fsp3) is 0.435. The lowest BCUT2D eigenvalue weighted by Crippen LogP contribution is -3.28. The quantitative estimate of drug-likeness (QED) is 0.517. The Morgan fingerprint density at radius 1 is 1.00 bits per heavy atom. The molecular formula is C23H32N6O2+2. The molecule has 4 rings (SSSR count). The number of methoxy groups -OCH3 is 2. The number of aromatic nitrogens is 4. The zero-order chi connectivity index (χ0) is 21.6. The zero-order valence-electron chi connectivity index (χ0n) is 18.5. The minimum absolute atomic E-state index is 0.0158. The first-order chi connectivity index (χ1) is 15.2. The van der Waals surface area contributed by atoms with Gasteiger partial charge in [-0.2, -0.15) is 0 Å². The number of tetrazole rings is 1. The Hall–Kier alpha value is -2.97. The van der Waals surface area contributed by atoms with Gasteiger partial charge in [-0.25, -0.2) is 4.68 Å². The first kappa shape index (κ1) is 21.3. The number of quaternary nitrogens is 2. The smallest absolute Gasteiger partial charge is 0.214 e. The van der Waals surface area contributed by atoms with Crippen molar-refractivity contribution in [1.82, 2.24) is 20.2 Å². The second kappa shape index (κ2) is 9.89. The molecular weight excluding hydrogens is 392 g/mol. The molecule has 2 N–H and O–H groups in total. The molecule has 0 aliphatic carbocycles. The molecule has 1 aliphatic rings. The molecule has 31 heavy (non-hydrogen) atoms. The van der Waals surface area contributed by atoms with Crippen LogP contribution in [0.25, 0.3) is 0 Å². The van der Waals surface area contributed by atoms with Crippen LogP contribution in [0.1, 0.15) is 29.9 Å². The first-order valence-electron chi connectivity index (χ1n) is 10.9. The Morgan fingerprint density at radius 3 is 2.45 bits per heavy atom. The van der Waals surface area contributed by atoms with Crippen LogP contribution in [0.3, 0.4) is 0 Å². The largest absolute Gasteiger partial charge is 0.497 e. The lowest BCUT2D eigenvalue weighted by Gasteiger charge is -2.34. The number of hydrogen-bond donors (Lipinski definition) is 2. The van der Waals surface area contributed by atoms with E-state index in [9.17, 15) is 0 Å². The predicted octanol–water partition coefficient (Wildman–Crippen LogP) is -0.369. The molecule has 8 heteroatoms. The van der Waals surface area contributed by atoms with Crippen molar-refractivity contribution >= 4 is 0 Å². The molecule has 3 aromatic rings. The van der Waals surface area contributed by atoms with Crippen molar-refractivity contribution in [3.63, 3.8) is 0 Å². The van der Waals surface area contributed by atoms with Crippen LogP contribution >= 0.6 is 0 Å². The number of nitrogens with one attached hydrogen (secondary N) is 2. The summed E-state index contributed by atoms with van der Waals surface area (Å²) in [4.78, 5) is 3.11. The Kier molecular flexibility index (Phi) is 6.79. The number of likely N-dealkylation sites (N-methyl/N-ethyl adjacent to an activating group) is 1. The number of hydrogen-bond acceptors (Lipinski definition) is 5. The number of ether oxygens (including phenoxy) is 2. The summed E-state index contributed by atoms with van der Waals surface area (Å²) in [6, 6.07) is 16.3. The molecule has 8 nitrogen and oxygen atoms in total. The third-order valence-corrected chi connectivity index (χ3v) is 6.25. The van der Waals surface area contributed by atoms with E-state index in [0.29, 0.717) is 6.54 Å². The van der Waals surface area contributed by atoms with Gasteiger partial charge in [-0.05, 0) is 35.0 Å². The van der Waals surface area contributed by atoms with E-state index in [4.69, 9.17) is 9.47 Å². The van der Waals surface area contributed by atoms with Gasteiger partial charge < -0.3 is 19.3 Å². The van der Waals surface area contributed by atoms with Crippen LogP contribution in [0, 0.1) is 0 Å². The Morgan fingerprint density at radius 2 is 1.77 bits per heavy atom. The Labute approximate surface area is 183 Å². The molecule has 1 aromatic heterocycles. The van der Waals surface area contributed by atoms with Crippen LogP contribution in [0.5, 0.6) is 11.5 Å². The maximum atomic E-state index is 5.78. The van der Waals surface area contributed by atoms with Gasteiger partial charge in [0.05, 0.1) is 32.9 Å². The van der Waals surface area contributed by atoms with E-state index in [0.717, 1.165) is 55.6 Å². The highest BCUT2D eigenvalue weighted by atomic mass is 16.5. The summed E-state index contributed by atoms with van der Waals surface area (Å²) in [6.45, 7) is 8.45. The molecule has 0 radical (unpaired) electrons. The van der Waals surface area contributed by atoms with Crippen molar-refractivity contribution in [1.29, 1.82) is 0 Å². The molecule has 1 aliphatic heterocycles. The van der Waals surface area contributed by atoms with Crippen molar-refractivity contribution < 1.29 is 19.3 Å². The molecule has 0 bridgehead atoms. The van der Waals surface area contributed by atoms with Gasteiger partial charge in [0, 0.05) is 6.07 Å². The van der Waals surface area contributed by atoms with E-state index >= 15 is 0 Å². The monoisotopic (exact) mass is 424 g/mol. The average molecular weight is 425 g/mol. The highest BCUT2D eigenvalue weighted by Gasteiger charge is 2.37. The van der Waals surface area contributed by atoms with Crippen LogP contribution in [0.4, 0.5) is 0 Å². The minimum atomic E-state index is -0.0158. The molecule has 0 unspecified atom stereocenters. The SMILES string of the molecule is CC[NH+]1CC[NH+]([C@H](c2ccc(OC)cc2OC)c2nnnn2Cc2ccccc2)CC1. The van der Waals surface area contributed by atoms with Gasteiger partial charge in [0.15, 0.2) is 6.04 Å². The molecule has 0 spiro atoms. The summed E-state index contributed by atoms with van der Waals surface area (Å²) in [6.07, 6.45) is 0. The van der Waals surface area contributed by atoms with Gasteiger partial charge in [-0.1, -0.05) is 30.3 Å². The number of rotatable bonds is 8. The topological polar surface area (TPSA) is 70.9 Å². The molecule has 0 saturated carbocycles. The molecule has 1 atom stereocenters. The van der Waals surface area contributed by atoms with Crippen LogP contribution < -0.4 is 19.3 Å². The predicted molar refractivity (Wildman–Crippen MR) is 117 cm³/mol. The van der Waals surface area contributed by atoms with Crippen LogP contribution in [-0.4, -0.2) is 67.2 Å². The lowest BCUT2D eigenvalue weighted by atomic mass is 10.0. The second-order valence-electron chi connectivity index (χ2n) is 7.98. The van der Waals surface area contributed by atoms with Gasteiger partial charge in [0.1, 0.15) is 37.7 Å². The maximum Gasteiger partial charge on any atom is 0.214 e. The molecule has 1 fully saturated rings. The normalized spacial score (nSPS) is 19.7. The first-order valence-corrected chi connectivity index (χ1v) is 10.9. The average Bonchev–Trinajstić information content (AvgIpc) is 3.28. The molecule has 0 amide bonds. The number of piperazine rings is 1. The van der Waals surface area contributed by atoms with Crippen molar-refractivity contribution in [3.05, 3.63) is 65.5 Å². The van der Waals surface area contributed by atoms with E-state index in [1.165, 1.54) is 10.5 Å². The highest BCUT2D eigenvalue weighted by molar-refractivity contribution is 5.43. The summed E-state index contributed by atoms with van der Waals surface area (Å²) in [5.41, 5.74) is 2.26. The van der Waals surface area contributed by atoms with Gasteiger partial charge in [0.2, 0.25) is 5.82 Å². The van der Waals surface area contributed by atoms with E-state index in [1.54, 1.807) is 19.1 Å². The van der Waals surface area contributed by atoms with Gasteiger partial charge in [-0.3, -0.25) is 0 Å².